The maximum Gasteiger partial charge on any atom is 0.280 e. The van der Waals surface area contributed by atoms with Crippen molar-refractivity contribution >= 4 is 11.6 Å². The van der Waals surface area contributed by atoms with Crippen molar-refractivity contribution in [1.82, 2.24) is 15.0 Å². The summed E-state index contributed by atoms with van der Waals surface area (Å²) in [4.78, 5) is 14.9. The Labute approximate surface area is 146 Å². The summed E-state index contributed by atoms with van der Waals surface area (Å²) < 4.78 is 1.72. The van der Waals surface area contributed by atoms with Gasteiger partial charge in [-0.2, -0.15) is 0 Å². The van der Waals surface area contributed by atoms with Gasteiger partial charge in [-0.1, -0.05) is 41.1 Å². The zero-order valence-electron chi connectivity index (χ0n) is 14.4. The zero-order valence-corrected chi connectivity index (χ0v) is 14.4. The molecule has 0 unspecified atom stereocenters. The number of para-hydroxylation sites is 1. The first-order chi connectivity index (χ1) is 12.1. The molecule has 0 radical (unpaired) electrons. The molecule has 0 bridgehead atoms. The van der Waals surface area contributed by atoms with Gasteiger partial charge in [-0.3, -0.25) is 4.79 Å². The average Bonchev–Trinajstić information content (AvgIpc) is 3.03. The molecule has 1 aromatic heterocycles. The highest BCUT2D eigenvalue weighted by atomic mass is 16.2. The summed E-state index contributed by atoms with van der Waals surface area (Å²) in [6.45, 7) is 4.65. The number of carbonyl (C=O) groups is 1. The summed E-state index contributed by atoms with van der Waals surface area (Å²) in [5.41, 5.74) is 5.47. The van der Waals surface area contributed by atoms with Crippen LogP contribution >= 0.6 is 0 Å². The van der Waals surface area contributed by atoms with E-state index in [0.717, 1.165) is 29.9 Å². The summed E-state index contributed by atoms with van der Waals surface area (Å²) in [5, 5.41) is 8.39. The van der Waals surface area contributed by atoms with Gasteiger partial charge in [-0.15, -0.1) is 5.10 Å². The summed E-state index contributed by atoms with van der Waals surface area (Å²) in [5.74, 6) is -0.0805. The Morgan fingerprint density at radius 1 is 1.04 bits per heavy atom. The minimum atomic E-state index is -0.0805. The monoisotopic (exact) mass is 332 g/mol. The average molecular weight is 332 g/mol. The first-order valence-electron chi connectivity index (χ1n) is 8.54. The number of aryl methyl sites for hydroxylation is 2. The molecule has 126 valence electrons. The van der Waals surface area contributed by atoms with Gasteiger partial charge in [0.2, 0.25) is 0 Å². The molecule has 1 aliphatic heterocycles. The van der Waals surface area contributed by atoms with E-state index in [1.165, 1.54) is 11.1 Å². The van der Waals surface area contributed by atoms with Crippen LogP contribution in [-0.2, 0) is 6.42 Å². The predicted molar refractivity (Wildman–Crippen MR) is 97.3 cm³/mol. The van der Waals surface area contributed by atoms with Crippen molar-refractivity contribution in [2.45, 2.75) is 26.7 Å². The number of hydrogen-bond acceptors (Lipinski definition) is 3. The molecule has 5 nitrogen and oxygen atoms in total. The van der Waals surface area contributed by atoms with Crippen LogP contribution in [0.1, 0.15) is 33.7 Å². The highest BCUT2D eigenvalue weighted by Gasteiger charge is 2.27. The fourth-order valence-corrected chi connectivity index (χ4v) is 3.33. The lowest BCUT2D eigenvalue weighted by atomic mass is 10.0. The van der Waals surface area contributed by atoms with Crippen LogP contribution in [0, 0.1) is 13.8 Å². The third-order valence-corrected chi connectivity index (χ3v) is 4.73. The zero-order chi connectivity index (χ0) is 17.4. The van der Waals surface area contributed by atoms with Crippen LogP contribution in [0.3, 0.4) is 0 Å². The molecule has 1 amide bonds. The van der Waals surface area contributed by atoms with Gasteiger partial charge in [0.05, 0.1) is 11.4 Å². The molecular formula is C20H20N4O. The second-order valence-corrected chi connectivity index (χ2v) is 6.46. The first-order valence-corrected chi connectivity index (χ1v) is 8.54. The number of anilines is 1. The first kappa shape index (κ1) is 15.6. The molecule has 0 aliphatic carbocycles. The molecule has 5 heteroatoms. The van der Waals surface area contributed by atoms with Crippen molar-refractivity contribution in [1.29, 1.82) is 0 Å². The Kier molecular flexibility index (Phi) is 3.84. The van der Waals surface area contributed by atoms with E-state index in [4.69, 9.17) is 0 Å². The van der Waals surface area contributed by atoms with Crippen LogP contribution in [0.2, 0.25) is 0 Å². The number of nitrogens with zero attached hydrogens (tertiary/aromatic N) is 4. The van der Waals surface area contributed by atoms with E-state index in [0.29, 0.717) is 12.2 Å². The molecule has 0 fully saturated rings. The summed E-state index contributed by atoms with van der Waals surface area (Å²) >= 11 is 0. The van der Waals surface area contributed by atoms with Crippen LogP contribution < -0.4 is 4.90 Å². The van der Waals surface area contributed by atoms with Crippen molar-refractivity contribution in [3.8, 4) is 5.69 Å². The van der Waals surface area contributed by atoms with Gasteiger partial charge in [-0.05, 0) is 50.5 Å². The molecule has 3 aromatic rings. The summed E-state index contributed by atoms with van der Waals surface area (Å²) in [6.07, 6.45) is 1.98. The highest BCUT2D eigenvalue weighted by Crippen LogP contribution is 2.28. The number of rotatable bonds is 2. The second kappa shape index (κ2) is 6.16. The van der Waals surface area contributed by atoms with E-state index < -0.39 is 0 Å². The topological polar surface area (TPSA) is 51.0 Å². The van der Waals surface area contributed by atoms with Crippen LogP contribution in [0.4, 0.5) is 5.69 Å². The maximum atomic E-state index is 13.1. The maximum absolute atomic E-state index is 13.1. The van der Waals surface area contributed by atoms with E-state index in [2.05, 4.69) is 16.4 Å². The second-order valence-electron chi connectivity index (χ2n) is 6.46. The molecule has 0 saturated heterocycles. The van der Waals surface area contributed by atoms with Gasteiger partial charge in [0.25, 0.3) is 5.91 Å². The number of carbonyl (C=O) groups excluding carboxylic acids is 1. The van der Waals surface area contributed by atoms with E-state index >= 15 is 0 Å². The SMILES string of the molecule is Cc1ccc(-n2nnc(C(=O)N3CCCc4ccccc43)c2C)cc1. The Balaban J connectivity index is 1.69. The van der Waals surface area contributed by atoms with Crippen LogP contribution in [-0.4, -0.2) is 27.4 Å². The van der Waals surface area contributed by atoms with Crippen molar-refractivity contribution in [3.63, 3.8) is 0 Å². The molecule has 2 heterocycles. The molecule has 1 aliphatic rings. The fraction of sp³-hybridized carbons (Fsp3) is 0.250. The van der Waals surface area contributed by atoms with Crippen LogP contribution in [0.5, 0.6) is 0 Å². The summed E-state index contributed by atoms with van der Waals surface area (Å²) in [7, 11) is 0. The van der Waals surface area contributed by atoms with Crippen LogP contribution in [0.15, 0.2) is 48.5 Å². The third-order valence-electron chi connectivity index (χ3n) is 4.73. The Morgan fingerprint density at radius 3 is 2.60 bits per heavy atom. The Hall–Kier alpha value is -2.95. The summed E-state index contributed by atoms with van der Waals surface area (Å²) in [6, 6.07) is 16.1. The number of amides is 1. The minimum absolute atomic E-state index is 0.0805. The van der Waals surface area contributed by atoms with E-state index in [9.17, 15) is 4.79 Å². The van der Waals surface area contributed by atoms with E-state index in [-0.39, 0.29) is 5.91 Å². The van der Waals surface area contributed by atoms with E-state index in [1.807, 2.05) is 61.2 Å². The number of hydrogen-bond donors (Lipinski definition) is 0. The smallest absolute Gasteiger partial charge is 0.280 e. The highest BCUT2D eigenvalue weighted by molar-refractivity contribution is 6.06. The molecule has 0 saturated carbocycles. The third kappa shape index (κ3) is 2.71. The van der Waals surface area contributed by atoms with Gasteiger partial charge in [-0.25, -0.2) is 4.68 Å². The van der Waals surface area contributed by atoms with Crippen molar-refractivity contribution in [2.75, 3.05) is 11.4 Å². The molecule has 0 spiro atoms. The number of benzene rings is 2. The molecule has 2 aromatic carbocycles. The van der Waals surface area contributed by atoms with Crippen LogP contribution in [0.25, 0.3) is 5.69 Å². The molecule has 0 N–H and O–H groups in total. The molecule has 4 rings (SSSR count). The minimum Gasteiger partial charge on any atom is -0.307 e. The predicted octanol–water partition coefficient (Wildman–Crippen LogP) is 3.48. The Morgan fingerprint density at radius 2 is 1.80 bits per heavy atom. The quantitative estimate of drug-likeness (QED) is 0.722. The van der Waals surface area contributed by atoms with Crippen molar-refractivity contribution in [2.24, 2.45) is 0 Å². The lowest BCUT2D eigenvalue weighted by molar-refractivity contribution is 0.0979. The van der Waals surface area contributed by atoms with Gasteiger partial charge >= 0.3 is 0 Å². The largest absolute Gasteiger partial charge is 0.307 e. The molecule has 25 heavy (non-hydrogen) atoms. The van der Waals surface area contributed by atoms with Crippen molar-refractivity contribution in [3.05, 3.63) is 71.0 Å². The number of aromatic nitrogens is 3. The van der Waals surface area contributed by atoms with Gasteiger partial charge < -0.3 is 4.90 Å². The number of fused-ring (bicyclic) bond motifs is 1. The normalized spacial score (nSPS) is 13.6. The van der Waals surface area contributed by atoms with Gasteiger partial charge in [0, 0.05) is 12.2 Å². The van der Waals surface area contributed by atoms with Crippen molar-refractivity contribution < 1.29 is 4.79 Å². The molecular weight excluding hydrogens is 312 g/mol. The van der Waals surface area contributed by atoms with Gasteiger partial charge in [0.1, 0.15) is 0 Å². The van der Waals surface area contributed by atoms with E-state index in [1.54, 1.807) is 4.68 Å². The Bertz CT molecular complexity index is 927. The lowest BCUT2D eigenvalue weighted by Crippen LogP contribution is -2.36. The lowest BCUT2D eigenvalue weighted by Gasteiger charge is -2.28. The standard InChI is InChI=1S/C20H20N4O/c1-14-9-11-17(12-10-14)24-15(2)19(21-22-24)20(25)23-13-5-7-16-6-3-4-8-18(16)23/h3-4,6,8-12H,5,7,13H2,1-2H3. The fourth-order valence-electron chi connectivity index (χ4n) is 3.33. The van der Waals surface area contributed by atoms with Gasteiger partial charge in [0.15, 0.2) is 5.69 Å². The molecule has 0 atom stereocenters.